The number of hydrogen-bond acceptors (Lipinski definition) is 5. The average Bonchev–Trinajstić information content (AvgIpc) is 2.47. The maximum absolute atomic E-state index is 12.8. The van der Waals surface area contributed by atoms with Gasteiger partial charge >= 0.3 is 5.69 Å². The lowest BCUT2D eigenvalue weighted by atomic mass is 10.1. The third-order valence-electron chi connectivity index (χ3n) is 2.63. The van der Waals surface area contributed by atoms with Gasteiger partial charge in [0.25, 0.3) is 0 Å². The van der Waals surface area contributed by atoms with Crippen LogP contribution >= 0.6 is 0 Å². The molecule has 0 spiro atoms. The summed E-state index contributed by atoms with van der Waals surface area (Å²) in [5.74, 6) is -0.994. The summed E-state index contributed by atoms with van der Waals surface area (Å²) in [6.45, 7) is 0. The topological polar surface area (TPSA) is 100 Å². The van der Waals surface area contributed by atoms with E-state index in [2.05, 4.69) is 4.98 Å². The Hall–Kier alpha value is -3.27. The zero-order valence-electron chi connectivity index (χ0n) is 10.5. The molecular formula is C14H8FN3O3. The maximum atomic E-state index is 12.8. The molecule has 0 saturated heterocycles. The molecule has 104 valence electrons. The van der Waals surface area contributed by atoms with Crippen LogP contribution in [0.25, 0.3) is 11.6 Å². The highest BCUT2D eigenvalue weighted by molar-refractivity contribution is 5.88. The van der Waals surface area contributed by atoms with E-state index in [0.717, 1.165) is 24.4 Å². The van der Waals surface area contributed by atoms with E-state index in [9.17, 15) is 19.6 Å². The fraction of sp³-hybridized carbons (Fsp3) is 0. The SMILES string of the molecule is N#C/C(=C/c1ccc(O)c([N+](=O)[O-])c1)c1ccc(F)cn1. The molecule has 1 aromatic heterocycles. The van der Waals surface area contributed by atoms with Gasteiger partial charge in [0.05, 0.1) is 22.4 Å². The van der Waals surface area contributed by atoms with Gasteiger partial charge in [0.2, 0.25) is 0 Å². The molecule has 21 heavy (non-hydrogen) atoms. The number of nitrogens with zero attached hydrogens (tertiary/aromatic N) is 3. The van der Waals surface area contributed by atoms with Crippen LogP contribution in [0.2, 0.25) is 0 Å². The maximum Gasteiger partial charge on any atom is 0.311 e. The van der Waals surface area contributed by atoms with E-state index in [1.165, 1.54) is 18.2 Å². The molecule has 6 nitrogen and oxygen atoms in total. The number of benzene rings is 1. The number of nitro benzene ring substituents is 1. The lowest BCUT2D eigenvalue weighted by molar-refractivity contribution is -0.385. The van der Waals surface area contributed by atoms with Gasteiger partial charge in [-0.15, -0.1) is 0 Å². The second kappa shape index (κ2) is 5.79. The third-order valence-corrected chi connectivity index (χ3v) is 2.63. The first-order chi connectivity index (χ1) is 10.0. The van der Waals surface area contributed by atoms with E-state index in [1.54, 1.807) is 0 Å². The molecule has 0 aliphatic heterocycles. The van der Waals surface area contributed by atoms with Gasteiger partial charge in [0.1, 0.15) is 11.9 Å². The van der Waals surface area contributed by atoms with Crippen LogP contribution in [-0.2, 0) is 0 Å². The molecule has 2 rings (SSSR count). The quantitative estimate of drug-likeness (QED) is 0.531. The predicted octanol–water partition coefficient (Wildman–Crippen LogP) is 2.90. The molecule has 0 amide bonds. The molecule has 0 bridgehead atoms. The van der Waals surface area contributed by atoms with Crippen molar-refractivity contribution in [2.24, 2.45) is 0 Å². The van der Waals surface area contributed by atoms with Crippen molar-refractivity contribution in [2.45, 2.75) is 0 Å². The van der Waals surface area contributed by atoms with Crippen molar-refractivity contribution in [1.82, 2.24) is 4.98 Å². The van der Waals surface area contributed by atoms with Gasteiger partial charge in [-0.1, -0.05) is 6.07 Å². The minimum Gasteiger partial charge on any atom is -0.502 e. The smallest absolute Gasteiger partial charge is 0.311 e. The number of phenolic OH excluding ortho intramolecular Hbond substituents is 1. The number of aromatic hydroxyl groups is 1. The van der Waals surface area contributed by atoms with E-state index in [4.69, 9.17) is 5.26 Å². The molecule has 0 aliphatic carbocycles. The second-order valence-corrected chi connectivity index (χ2v) is 4.04. The van der Waals surface area contributed by atoms with Crippen LogP contribution < -0.4 is 0 Å². The van der Waals surface area contributed by atoms with Gasteiger partial charge in [0, 0.05) is 6.07 Å². The highest BCUT2D eigenvalue weighted by Crippen LogP contribution is 2.28. The monoisotopic (exact) mass is 285 g/mol. The van der Waals surface area contributed by atoms with E-state index in [-0.39, 0.29) is 11.3 Å². The average molecular weight is 285 g/mol. The van der Waals surface area contributed by atoms with Crippen LogP contribution in [-0.4, -0.2) is 15.0 Å². The summed E-state index contributed by atoms with van der Waals surface area (Å²) in [5, 5.41) is 29.2. The number of nitriles is 1. The molecule has 0 unspecified atom stereocenters. The molecule has 0 radical (unpaired) electrons. The number of aromatic nitrogens is 1. The Labute approximate surface area is 118 Å². The fourth-order valence-electron chi connectivity index (χ4n) is 1.64. The normalized spacial score (nSPS) is 11.0. The van der Waals surface area contributed by atoms with Crippen molar-refractivity contribution in [3.63, 3.8) is 0 Å². The van der Waals surface area contributed by atoms with Crippen LogP contribution in [0.1, 0.15) is 11.3 Å². The standard InChI is InChI=1S/C14H8FN3O3/c15-11-2-3-12(17-8-11)10(7-16)5-9-1-4-14(19)13(6-9)18(20)21/h1-6,8,19H/b10-5-. The summed E-state index contributed by atoms with van der Waals surface area (Å²) in [7, 11) is 0. The molecule has 7 heteroatoms. The first-order valence-electron chi connectivity index (χ1n) is 5.72. The number of halogens is 1. The third kappa shape index (κ3) is 3.19. The van der Waals surface area contributed by atoms with Gasteiger partial charge in [0.15, 0.2) is 5.75 Å². The minimum atomic E-state index is -0.727. The molecule has 0 fully saturated rings. The van der Waals surface area contributed by atoms with Crippen molar-refractivity contribution < 1.29 is 14.4 Å². The van der Waals surface area contributed by atoms with Crippen molar-refractivity contribution in [1.29, 1.82) is 5.26 Å². The van der Waals surface area contributed by atoms with Crippen molar-refractivity contribution >= 4 is 17.3 Å². The highest BCUT2D eigenvalue weighted by Gasteiger charge is 2.13. The summed E-state index contributed by atoms with van der Waals surface area (Å²) >= 11 is 0. The van der Waals surface area contributed by atoms with Gasteiger partial charge in [-0.25, -0.2) is 4.39 Å². The number of hydrogen-bond donors (Lipinski definition) is 1. The molecule has 1 N–H and O–H groups in total. The Bertz CT molecular complexity index is 764. The first-order valence-corrected chi connectivity index (χ1v) is 5.72. The fourth-order valence-corrected chi connectivity index (χ4v) is 1.64. The highest BCUT2D eigenvalue weighted by atomic mass is 19.1. The summed E-state index contributed by atoms with van der Waals surface area (Å²) in [6.07, 6.45) is 2.34. The van der Waals surface area contributed by atoms with Crippen molar-refractivity contribution in [3.8, 4) is 11.8 Å². The van der Waals surface area contributed by atoms with Crippen LogP contribution in [0.4, 0.5) is 10.1 Å². The molecular weight excluding hydrogens is 277 g/mol. The molecule has 0 saturated carbocycles. The van der Waals surface area contributed by atoms with Crippen molar-refractivity contribution in [2.75, 3.05) is 0 Å². The Balaban J connectivity index is 2.46. The van der Waals surface area contributed by atoms with Crippen LogP contribution in [0, 0.1) is 27.3 Å². The number of nitro groups is 1. The van der Waals surface area contributed by atoms with E-state index in [0.29, 0.717) is 5.56 Å². The van der Waals surface area contributed by atoms with Crippen LogP contribution in [0.15, 0.2) is 36.5 Å². The summed E-state index contributed by atoms with van der Waals surface area (Å²) < 4.78 is 12.8. The molecule has 0 aliphatic rings. The largest absolute Gasteiger partial charge is 0.502 e. The second-order valence-electron chi connectivity index (χ2n) is 4.04. The van der Waals surface area contributed by atoms with E-state index in [1.807, 2.05) is 6.07 Å². The molecule has 2 aromatic rings. The van der Waals surface area contributed by atoms with Gasteiger partial charge < -0.3 is 5.11 Å². The van der Waals surface area contributed by atoms with Crippen LogP contribution in [0.3, 0.4) is 0 Å². The minimum absolute atomic E-state index is 0.120. The molecule has 0 atom stereocenters. The lowest BCUT2D eigenvalue weighted by Crippen LogP contribution is -1.91. The number of allylic oxidation sites excluding steroid dienone is 1. The molecule has 1 aromatic carbocycles. The number of phenols is 1. The van der Waals surface area contributed by atoms with Gasteiger partial charge in [-0.05, 0) is 29.8 Å². The van der Waals surface area contributed by atoms with Gasteiger partial charge in [-0.2, -0.15) is 5.26 Å². The van der Waals surface area contributed by atoms with Crippen LogP contribution in [0.5, 0.6) is 5.75 Å². The van der Waals surface area contributed by atoms with Gasteiger partial charge in [-0.3, -0.25) is 15.1 Å². The van der Waals surface area contributed by atoms with Crippen molar-refractivity contribution in [3.05, 3.63) is 63.7 Å². The zero-order valence-corrected chi connectivity index (χ0v) is 10.5. The Morgan fingerprint density at radius 2 is 2.19 bits per heavy atom. The Morgan fingerprint density at radius 1 is 1.43 bits per heavy atom. The summed E-state index contributed by atoms with van der Waals surface area (Å²) in [5.41, 5.74) is 0.250. The van der Waals surface area contributed by atoms with E-state index < -0.39 is 22.2 Å². The summed E-state index contributed by atoms with van der Waals surface area (Å²) in [4.78, 5) is 13.8. The molecule has 1 heterocycles. The number of pyridine rings is 1. The zero-order chi connectivity index (χ0) is 15.4. The summed E-state index contributed by atoms with van der Waals surface area (Å²) in [6, 6.07) is 8.10. The van der Waals surface area contributed by atoms with E-state index >= 15 is 0 Å². The Morgan fingerprint density at radius 3 is 2.76 bits per heavy atom. The number of rotatable bonds is 3. The lowest BCUT2D eigenvalue weighted by Gasteiger charge is -2.00. The Kier molecular flexibility index (Phi) is 3.90. The predicted molar refractivity (Wildman–Crippen MR) is 72.4 cm³/mol. The first kappa shape index (κ1) is 14.1.